The predicted molar refractivity (Wildman–Crippen MR) is 73.7 cm³/mol. The first kappa shape index (κ1) is 14.3. The predicted octanol–water partition coefficient (Wildman–Crippen LogP) is 0.598. The molecule has 0 radical (unpaired) electrons. The molecule has 1 N–H and O–H groups in total. The summed E-state index contributed by atoms with van der Waals surface area (Å²) in [5.41, 5.74) is 0. The molecule has 2 rings (SSSR count). The first-order valence-electron chi connectivity index (χ1n) is 7.45. The Kier molecular flexibility index (Phi) is 4.80. The molecule has 2 amide bonds. The third-order valence-electron chi connectivity index (χ3n) is 4.00. The lowest BCUT2D eigenvalue weighted by molar-refractivity contribution is -0.133. The molecule has 1 unspecified atom stereocenters. The Morgan fingerprint density at radius 1 is 1.32 bits per heavy atom. The molecule has 0 bridgehead atoms. The van der Waals surface area contributed by atoms with Gasteiger partial charge in [-0.05, 0) is 39.5 Å². The van der Waals surface area contributed by atoms with E-state index in [0.717, 1.165) is 45.3 Å². The number of nitrogens with zero attached hydrogens (tertiary/aromatic N) is 2. The molecule has 1 saturated carbocycles. The normalized spacial score (nSPS) is 20.4. The topological polar surface area (TPSA) is 52.7 Å². The Labute approximate surface area is 115 Å². The van der Waals surface area contributed by atoms with Crippen molar-refractivity contribution >= 4 is 11.8 Å². The number of likely N-dealkylation sites (N-methyl/N-ethyl adjacent to an activating group) is 1. The van der Waals surface area contributed by atoms with Crippen molar-refractivity contribution in [1.82, 2.24) is 15.1 Å². The summed E-state index contributed by atoms with van der Waals surface area (Å²) >= 11 is 0. The maximum Gasteiger partial charge on any atom is 0.239 e. The van der Waals surface area contributed by atoms with Crippen LogP contribution in [0, 0.1) is 0 Å². The first-order chi connectivity index (χ1) is 9.13. The van der Waals surface area contributed by atoms with E-state index in [1.54, 1.807) is 0 Å². The molecule has 0 spiro atoms. The fourth-order valence-electron chi connectivity index (χ4n) is 2.67. The Hall–Kier alpha value is -1.10. The summed E-state index contributed by atoms with van der Waals surface area (Å²) in [6.45, 7) is 6.62. The highest BCUT2D eigenvalue weighted by molar-refractivity contribution is 5.83. The second kappa shape index (κ2) is 6.37. The maximum absolute atomic E-state index is 12.1. The van der Waals surface area contributed by atoms with Crippen LogP contribution in [0.4, 0.5) is 0 Å². The van der Waals surface area contributed by atoms with E-state index in [1.165, 1.54) is 0 Å². The number of hydrogen-bond acceptors (Lipinski definition) is 3. The van der Waals surface area contributed by atoms with Crippen molar-refractivity contribution < 1.29 is 9.59 Å². The van der Waals surface area contributed by atoms with Gasteiger partial charge < -0.3 is 9.80 Å². The number of hydrogen-bond donors (Lipinski definition) is 1. The van der Waals surface area contributed by atoms with E-state index in [2.05, 4.69) is 5.32 Å². The molecule has 5 nitrogen and oxygen atoms in total. The fraction of sp³-hybridized carbons (Fsp3) is 0.857. The quantitative estimate of drug-likeness (QED) is 0.766. The third-order valence-corrected chi connectivity index (χ3v) is 4.00. The van der Waals surface area contributed by atoms with Gasteiger partial charge in [0.05, 0.1) is 12.6 Å². The number of rotatable bonds is 6. The number of carbonyl (C=O) groups is 2. The molecule has 1 saturated heterocycles. The summed E-state index contributed by atoms with van der Waals surface area (Å²) < 4.78 is 0. The Balaban J connectivity index is 1.74. The van der Waals surface area contributed by atoms with Gasteiger partial charge in [-0.3, -0.25) is 14.9 Å². The van der Waals surface area contributed by atoms with Gasteiger partial charge in [0.2, 0.25) is 11.8 Å². The van der Waals surface area contributed by atoms with E-state index in [4.69, 9.17) is 0 Å². The molecule has 2 fully saturated rings. The van der Waals surface area contributed by atoms with Crippen LogP contribution >= 0.6 is 0 Å². The Morgan fingerprint density at radius 3 is 2.47 bits per heavy atom. The van der Waals surface area contributed by atoms with Gasteiger partial charge in [-0.2, -0.15) is 0 Å². The number of nitrogens with one attached hydrogen (secondary N) is 1. The second-order valence-corrected chi connectivity index (χ2v) is 5.55. The number of carbonyl (C=O) groups excluding carboxylic acids is 2. The standard InChI is InChI=1S/C14H25N3O2/c1-3-17(12-6-7-12)13(18)10-15-11(2)14(19)16-8-4-5-9-16/h11-12,15H,3-10H2,1-2H3. The van der Waals surface area contributed by atoms with Gasteiger partial charge in [-0.15, -0.1) is 0 Å². The summed E-state index contributed by atoms with van der Waals surface area (Å²) in [6, 6.07) is 0.184. The summed E-state index contributed by atoms with van der Waals surface area (Å²) in [5, 5.41) is 3.07. The van der Waals surface area contributed by atoms with Gasteiger partial charge in [0.1, 0.15) is 0 Å². The summed E-state index contributed by atoms with van der Waals surface area (Å²) in [7, 11) is 0. The zero-order chi connectivity index (χ0) is 13.8. The van der Waals surface area contributed by atoms with Crippen molar-refractivity contribution in [3.05, 3.63) is 0 Å². The SMILES string of the molecule is CCN(C(=O)CNC(C)C(=O)N1CCCC1)C1CC1. The van der Waals surface area contributed by atoms with Crippen molar-refractivity contribution in [3.8, 4) is 0 Å². The van der Waals surface area contributed by atoms with Gasteiger partial charge in [0.25, 0.3) is 0 Å². The first-order valence-corrected chi connectivity index (χ1v) is 7.45. The molecule has 108 valence electrons. The molecule has 0 aromatic carbocycles. The van der Waals surface area contributed by atoms with Crippen molar-refractivity contribution in [2.24, 2.45) is 0 Å². The van der Waals surface area contributed by atoms with Crippen LogP contribution in [0.15, 0.2) is 0 Å². The lowest BCUT2D eigenvalue weighted by Gasteiger charge is -2.24. The summed E-state index contributed by atoms with van der Waals surface area (Å²) in [5.74, 6) is 0.242. The van der Waals surface area contributed by atoms with Crippen LogP contribution in [-0.2, 0) is 9.59 Å². The molecule has 0 aromatic rings. The maximum atomic E-state index is 12.1. The smallest absolute Gasteiger partial charge is 0.239 e. The molecule has 19 heavy (non-hydrogen) atoms. The lowest BCUT2D eigenvalue weighted by atomic mass is 10.3. The van der Waals surface area contributed by atoms with Crippen LogP contribution in [0.1, 0.15) is 39.5 Å². The molecular formula is C14H25N3O2. The number of amides is 2. The average molecular weight is 267 g/mol. The van der Waals surface area contributed by atoms with E-state index >= 15 is 0 Å². The van der Waals surface area contributed by atoms with E-state index in [1.807, 2.05) is 23.6 Å². The molecule has 1 heterocycles. The minimum Gasteiger partial charge on any atom is -0.341 e. The monoisotopic (exact) mass is 267 g/mol. The number of likely N-dealkylation sites (tertiary alicyclic amines) is 1. The van der Waals surface area contributed by atoms with Gasteiger partial charge in [-0.25, -0.2) is 0 Å². The van der Waals surface area contributed by atoms with E-state index in [0.29, 0.717) is 6.04 Å². The second-order valence-electron chi connectivity index (χ2n) is 5.55. The highest BCUT2D eigenvalue weighted by Crippen LogP contribution is 2.26. The van der Waals surface area contributed by atoms with Crippen LogP contribution < -0.4 is 5.32 Å². The van der Waals surface area contributed by atoms with Gasteiger partial charge in [-0.1, -0.05) is 0 Å². The van der Waals surface area contributed by atoms with Crippen LogP contribution in [0.5, 0.6) is 0 Å². The van der Waals surface area contributed by atoms with Crippen LogP contribution in [-0.4, -0.2) is 59.9 Å². The van der Waals surface area contributed by atoms with Crippen molar-refractivity contribution in [2.45, 2.75) is 51.6 Å². The zero-order valence-electron chi connectivity index (χ0n) is 12.0. The molecule has 1 atom stereocenters. The Morgan fingerprint density at radius 2 is 1.95 bits per heavy atom. The highest BCUT2D eigenvalue weighted by atomic mass is 16.2. The lowest BCUT2D eigenvalue weighted by Crippen LogP contribution is -2.48. The highest BCUT2D eigenvalue weighted by Gasteiger charge is 2.31. The minimum atomic E-state index is -0.264. The fourth-order valence-corrected chi connectivity index (χ4v) is 2.67. The van der Waals surface area contributed by atoms with E-state index < -0.39 is 0 Å². The van der Waals surface area contributed by atoms with Crippen molar-refractivity contribution in [2.75, 3.05) is 26.2 Å². The molecule has 2 aliphatic rings. The minimum absolute atomic E-state index is 0.117. The van der Waals surface area contributed by atoms with Crippen molar-refractivity contribution in [3.63, 3.8) is 0 Å². The van der Waals surface area contributed by atoms with E-state index in [9.17, 15) is 9.59 Å². The van der Waals surface area contributed by atoms with Gasteiger partial charge in [0.15, 0.2) is 0 Å². The molecule has 0 aromatic heterocycles. The van der Waals surface area contributed by atoms with Crippen LogP contribution in [0.2, 0.25) is 0 Å². The van der Waals surface area contributed by atoms with Gasteiger partial charge in [0, 0.05) is 25.7 Å². The Bertz CT molecular complexity index is 336. The summed E-state index contributed by atoms with van der Waals surface area (Å²) in [6.07, 6.45) is 4.45. The third kappa shape index (κ3) is 3.69. The molecular weight excluding hydrogens is 242 g/mol. The van der Waals surface area contributed by atoms with Gasteiger partial charge >= 0.3 is 0 Å². The average Bonchev–Trinajstić information content (AvgIpc) is 3.09. The summed E-state index contributed by atoms with van der Waals surface area (Å²) in [4.78, 5) is 27.9. The molecule has 1 aliphatic carbocycles. The van der Waals surface area contributed by atoms with Crippen LogP contribution in [0.25, 0.3) is 0 Å². The molecule has 1 aliphatic heterocycles. The largest absolute Gasteiger partial charge is 0.341 e. The van der Waals surface area contributed by atoms with E-state index in [-0.39, 0.29) is 24.4 Å². The zero-order valence-corrected chi connectivity index (χ0v) is 12.0. The molecule has 5 heteroatoms. The van der Waals surface area contributed by atoms with Crippen molar-refractivity contribution in [1.29, 1.82) is 0 Å². The van der Waals surface area contributed by atoms with Crippen LogP contribution in [0.3, 0.4) is 0 Å².